The lowest BCUT2D eigenvalue weighted by atomic mass is 10.2. The molecular formula is C9H7I. The zero-order valence-corrected chi connectivity index (χ0v) is 7.63. The van der Waals surface area contributed by atoms with Crippen molar-refractivity contribution in [3.8, 4) is 0 Å². The molecule has 1 aliphatic carbocycles. The fourth-order valence-electron chi connectivity index (χ4n) is 1.01. The Labute approximate surface area is 74.1 Å². The Hall–Kier alpha value is -0.310. The van der Waals surface area contributed by atoms with Gasteiger partial charge in [-0.1, -0.05) is 30.3 Å². The van der Waals surface area contributed by atoms with E-state index in [1.807, 2.05) is 0 Å². The monoisotopic (exact) mass is 242 g/mol. The van der Waals surface area contributed by atoms with Gasteiger partial charge in [0.2, 0.25) is 0 Å². The SMILES string of the molecule is IC1=C(c2ccccc2)C1. The second kappa shape index (κ2) is 2.38. The van der Waals surface area contributed by atoms with Crippen LogP contribution >= 0.6 is 22.6 Å². The summed E-state index contributed by atoms with van der Waals surface area (Å²) in [6, 6.07) is 10.6. The van der Waals surface area contributed by atoms with Crippen LogP contribution in [0.1, 0.15) is 12.0 Å². The summed E-state index contributed by atoms with van der Waals surface area (Å²) in [6.07, 6.45) is 1.21. The minimum Gasteiger partial charge on any atom is -0.0622 e. The van der Waals surface area contributed by atoms with Gasteiger partial charge in [0.25, 0.3) is 0 Å². The molecular weight excluding hydrogens is 235 g/mol. The highest BCUT2D eigenvalue weighted by molar-refractivity contribution is 14.1. The number of hydrogen-bond acceptors (Lipinski definition) is 0. The molecule has 1 heteroatoms. The third-order valence-electron chi connectivity index (χ3n) is 1.66. The highest BCUT2D eigenvalue weighted by Gasteiger charge is 2.18. The summed E-state index contributed by atoms with van der Waals surface area (Å²) >= 11 is 2.40. The van der Waals surface area contributed by atoms with E-state index in [0.29, 0.717) is 0 Å². The normalized spacial score (nSPS) is 15.7. The molecule has 0 aliphatic heterocycles. The molecule has 0 nitrogen and oxygen atoms in total. The largest absolute Gasteiger partial charge is 0.0622 e. The number of hydrogen-bond donors (Lipinski definition) is 0. The summed E-state index contributed by atoms with van der Waals surface area (Å²) < 4.78 is 1.52. The van der Waals surface area contributed by atoms with E-state index in [9.17, 15) is 0 Å². The van der Waals surface area contributed by atoms with Crippen LogP contribution in [0.3, 0.4) is 0 Å². The molecule has 0 spiro atoms. The molecule has 0 atom stereocenters. The van der Waals surface area contributed by atoms with Gasteiger partial charge in [0.05, 0.1) is 0 Å². The molecule has 0 N–H and O–H groups in total. The first kappa shape index (κ1) is 6.40. The molecule has 0 saturated carbocycles. The number of allylic oxidation sites excluding steroid dienone is 2. The summed E-state index contributed by atoms with van der Waals surface area (Å²) in [5.41, 5.74) is 2.92. The lowest BCUT2D eigenvalue weighted by molar-refractivity contribution is 1.59. The van der Waals surface area contributed by atoms with Crippen LogP contribution in [0.4, 0.5) is 0 Å². The maximum Gasteiger partial charge on any atom is 0.00489 e. The number of halogens is 1. The van der Waals surface area contributed by atoms with Crippen LogP contribution in [-0.4, -0.2) is 0 Å². The lowest BCUT2D eigenvalue weighted by Crippen LogP contribution is -1.68. The summed E-state index contributed by atoms with van der Waals surface area (Å²) in [7, 11) is 0. The molecule has 0 amide bonds. The van der Waals surface area contributed by atoms with Gasteiger partial charge in [-0.25, -0.2) is 0 Å². The fourth-order valence-corrected chi connectivity index (χ4v) is 1.70. The third-order valence-corrected chi connectivity index (χ3v) is 2.69. The van der Waals surface area contributed by atoms with Gasteiger partial charge in [0, 0.05) is 6.42 Å². The van der Waals surface area contributed by atoms with E-state index in [0.717, 1.165) is 0 Å². The average molecular weight is 242 g/mol. The van der Waals surface area contributed by atoms with Crippen LogP contribution in [0.2, 0.25) is 0 Å². The highest BCUT2D eigenvalue weighted by Crippen LogP contribution is 2.43. The summed E-state index contributed by atoms with van der Waals surface area (Å²) in [6.45, 7) is 0. The lowest BCUT2D eigenvalue weighted by Gasteiger charge is -1.89. The first-order chi connectivity index (χ1) is 4.88. The van der Waals surface area contributed by atoms with Crippen molar-refractivity contribution in [2.45, 2.75) is 6.42 Å². The van der Waals surface area contributed by atoms with E-state index >= 15 is 0 Å². The molecule has 0 saturated heterocycles. The highest BCUT2D eigenvalue weighted by atomic mass is 127. The smallest absolute Gasteiger partial charge is 0.00489 e. The Kier molecular flexibility index (Phi) is 1.52. The molecule has 10 heavy (non-hydrogen) atoms. The molecule has 0 unspecified atom stereocenters. The molecule has 1 aliphatic rings. The Morgan fingerprint density at radius 3 is 2.20 bits per heavy atom. The van der Waals surface area contributed by atoms with Crippen molar-refractivity contribution in [3.63, 3.8) is 0 Å². The van der Waals surface area contributed by atoms with Gasteiger partial charge in [-0.3, -0.25) is 0 Å². The van der Waals surface area contributed by atoms with Crippen molar-refractivity contribution in [3.05, 3.63) is 39.5 Å². The molecule has 0 aromatic heterocycles. The second-order valence-electron chi connectivity index (χ2n) is 2.43. The third kappa shape index (κ3) is 1.10. The molecule has 1 aromatic rings. The van der Waals surface area contributed by atoms with E-state index < -0.39 is 0 Å². The van der Waals surface area contributed by atoms with Gasteiger partial charge in [-0.15, -0.1) is 0 Å². The van der Waals surface area contributed by atoms with Crippen molar-refractivity contribution < 1.29 is 0 Å². The van der Waals surface area contributed by atoms with E-state index in [1.54, 1.807) is 0 Å². The summed E-state index contributed by atoms with van der Waals surface area (Å²) in [4.78, 5) is 0. The summed E-state index contributed by atoms with van der Waals surface area (Å²) in [5, 5.41) is 0. The minimum absolute atomic E-state index is 1.21. The van der Waals surface area contributed by atoms with Crippen LogP contribution in [0.15, 0.2) is 33.9 Å². The Bertz CT molecular complexity index is 272. The predicted octanol–water partition coefficient (Wildman–Crippen LogP) is 3.24. The van der Waals surface area contributed by atoms with E-state index in [4.69, 9.17) is 0 Å². The van der Waals surface area contributed by atoms with Crippen LogP contribution < -0.4 is 0 Å². The van der Waals surface area contributed by atoms with E-state index in [2.05, 4.69) is 52.9 Å². The van der Waals surface area contributed by atoms with Crippen LogP contribution in [0.5, 0.6) is 0 Å². The molecule has 0 fully saturated rings. The molecule has 50 valence electrons. The molecule has 1 aromatic carbocycles. The Morgan fingerprint density at radius 1 is 1.10 bits per heavy atom. The average Bonchev–Trinajstić information content (AvgIpc) is 2.69. The number of rotatable bonds is 1. The van der Waals surface area contributed by atoms with E-state index in [1.165, 1.54) is 21.1 Å². The first-order valence-corrected chi connectivity index (χ1v) is 4.39. The molecule has 0 bridgehead atoms. The second-order valence-corrected chi connectivity index (χ2v) is 3.73. The van der Waals surface area contributed by atoms with Crippen molar-refractivity contribution in [1.82, 2.24) is 0 Å². The van der Waals surface area contributed by atoms with Crippen LogP contribution in [0.25, 0.3) is 5.57 Å². The number of benzene rings is 1. The zero-order chi connectivity index (χ0) is 6.97. The maximum atomic E-state index is 2.40. The summed E-state index contributed by atoms with van der Waals surface area (Å²) in [5.74, 6) is 0. The first-order valence-electron chi connectivity index (χ1n) is 3.31. The maximum absolute atomic E-state index is 2.40. The van der Waals surface area contributed by atoms with Gasteiger partial charge >= 0.3 is 0 Å². The Morgan fingerprint density at radius 2 is 1.70 bits per heavy atom. The molecule has 0 radical (unpaired) electrons. The van der Waals surface area contributed by atoms with Crippen molar-refractivity contribution >= 4 is 28.2 Å². The topological polar surface area (TPSA) is 0 Å². The fraction of sp³-hybridized carbons (Fsp3) is 0.111. The standard InChI is InChI=1S/C9H7I/c10-9-6-8(9)7-4-2-1-3-5-7/h1-5H,6H2. The molecule has 0 heterocycles. The van der Waals surface area contributed by atoms with Crippen molar-refractivity contribution in [2.75, 3.05) is 0 Å². The van der Waals surface area contributed by atoms with Gasteiger partial charge in [-0.2, -0.15) is 0 Å². The van der Waals surface area contributed by atoms with Gasteiger partial charge in [0.15, 0.2) is 0 Å². The van der Waals surface area contributed by atoms with Crippen molar-refractivity contribution in [1.29, 1.82) is 0 Å². The van der Waals surface area contributed by atoms with Crippen LogP contribution in [0, 0.1) is 0 Å². The van der Waals surface area contributed by atoms with Gasteiger partial charge in [0.1, 0.15) is 0 Å². The quantitative estimate of drug-likeness (QED) is 0.663. The van der Waals surface area contributed by atoms with Crippen LogP contribution in [-0.2, 0) is 0 Å². The van der Waals surface area contributed by atoms with Gasteiger partial charge in [-0.05, 0) is 37.3 Å². The Balaban J connectivity index is 2.37. The van der Waals surface area contributed by atoms with Gasteiger partial charge < -0.3 is 0 Å². The van der Waals surface area contributed by atoms with Crippen molar-refractivity contribution in [2.24, 2.45) is 0 Å². The minimum atomic E-state index is 1.21. The van der Waals surface area contributed by atoms with E-state index in [-0.39, 0.29) is 0 Å². The molecule has 2 rings (SSSR count). The predicted molar refractivity (Wildman–Crippen MR) is 52.0 cm³/mol. The zero-order valence-electron chi connectivity index (χ0n) is 5.47.